The first-order valence-corrected chi connectivity index (χ1v) is 11.2. The van der Waals surface area contributed by atoms with Gasteiger partial charge in [0.1, 0.15) is 6.61 Å². The Morgan fingerprint density at radius 2 is 1.77 bits per heavy atom. The van der Waals surface area contributed by atoms with Crippen LogP contribution in [0.1, 0.15) is 57.9 Å². The molecule has 0 spiro atoms. The van der Waals surface area contributed by atoms with Gasteiger partial charge in [-0.2, -0.15) is 0 Å². The maximum Gasteiger partial charge on any atom is 0.237 e. The third-order valence-corrected chi connectivity index (χ3v) is 6.10. The van der Waals surface area contributed by atoms with E-state index in [9.17, 15) is 9.59 Å². The molecule has 0 saturated heterocycles. The zero-order valence-electron chi connectivity index (χ0n) is 18.9. The molecule has 2 rings (SSSR count). The van der Waals surface area contributed by atoms with Crippen LogP contribution in [0.4, 0.5) is 0 Å². The highest BCUT2D eigenvalue weighted by atomic mass is 16.5. The molecule has 31 heavy (non-hydrogen) atoms. The molecule has 0 radical (unpaired) electrons. The van der Waals surface area contributed by atoms with E-state index in [4.69, 9.17) is 15.6 Å². The van der Waals surface area contributed by atoms with Crippen LogP contribution in [0.3, 0.4) is 0 Å². The first-order valence-electron chi connectivity index (χ1n) is 11.2. The summed E-state index contributed by atoms with van der Waals surface area (Å²) in [4.78, 5) is 25.9. The lowest BCUT2D eigenvalue weighted by molar-refractivity contribution is -0.127. The number of hydrogen-bond donors (Lipinski definition) is 4. The Balaban J connectivity index is 2.11. The van der Waals surface area contributed by atoms with Crippen molar-refractivity contribution in [3.05, 3.63) is 35.9 Å². The summed E-state index contributed by atoms with van der Waals surface area (Å²) in [6.45, 7) is 3.80. The zero-order chi connectivity index (χ0) is 22.8. The van der Waals surface area contributed by atoms with Gasteiger partial charge < -0.3 is 20.8 Å². The Kier molecular flexibility index (Phi) is 9.85. The van der Waals surface area contributed by atoms with E-state index < -0.39 is 23.8 Å². The highest BCUT2D eigenvalue weighted by molar-refractivity contribution is 6.44. The van der Waals surface area contributed by atoms with Gasteiger partial charge in [-0.25, -0.2) is 0 Å². The summed E-state index contributed by atoms with van der Waals surface area (Å²) in [5.41, 5.74) is 0.766. The van der Waals surface area contributed by atoms with Gasteiger partial charge in [-0.15, -0.1) is 0 Å². The second kappa shape index (κ2) is 12.3. The third-order valence-electron chi connectivity index (χ3n) is 6.10. The molecular weight excluding hydrogens is 392 g/mol. The molecule has 7 heteroatoms. The zero-order valence-corrected chi connectivity index (χ0v) is 18.9. The van der Waals surface area contributed by atoms with Crippen molar-refractivity contribution in [2.45, 2.75) is 71.1 Å². The number of amides is 1. The fourth-order valence-electron chi connectivity index (χ4n) is 3.97. The van der Waals surface area contributed by atoms with Gasteiger partial charge in [-0.1, -0.05) is 56.5 Å². The van der Waals surface area contributed by atoms with Crippen molar-refractivity contribution < 1.29 is 14.3 Å². The molecule has 1 saturated carbocycles. The molecule has 3 atom stereocenters. The Hall–Kier alpha value is -2.54. The molecular formula is C24H36N4O3. The van der Waals surface area contributed by atoms with E-state index in [1.807, 2.05) is 37.3 Å². The molecule has 0 aromatic heterocycles. The van der Waals surface area contributed by atoms with Crippen LogP contribution in [-0.2, 0) is 20.9 Å². The van der Waals surface area contributed by atoms with Crippen molar-refractivity contribution in [1.82, 2.24) is 10.6 Å². The summed E-state index contributed by atoms with van der Waals surface area (Å²) in [5.74, 6) is -1.43. The van der Waals surface area contributed by atoms with Crippen molar-refractivity contribution in [3.63, 3.8) is 0 Å². The monoisotopic (exact) mass is 428 g/mol. The van der Waals surface area contributed by atoms with E-state index >= 15 is 0 Å². The van der Waals surface area contributed by atoms with Crippen LogP contribution in [0.25, 0.3) is 0 Å². The van der Waals surface area contributed by atoms with Crippen LogP contribution in [-0.4, -0.2) is 42.4 Å². The number of Topliss-reactive ketones (excluding diaryl/α,β-unsaturated/α-hetero) is 1. The van der Waals surface area contributed by atoms with Crippen molar-refractivity contribution in [2.24, 2.45) is 11.8 Å². The molecule has 4 N–H and O–H groups in total. The first-order chi connectivity index (χ1) is 14.9. The molecule has 1 unspecified atom stereocenters. The Morgan fingerprint density at radius 3 is 2.35 bits per heavy atom. The van der Waals surface area contributed by atoms with E-state index in [1.54, 1.807) is 14.0 Å². The molecule has 0 bridgehead atoms. The van der Waals surface area contributed by atoms with Crippen LogP contribution in [0.5, 0.6) is 0 Å². The average molecular weight is 429 g/mol. The molecule has 1 amide bonds. The number of benzene rings is 1. The predicted octanol–water partition coefficient (Wildman–Crippen LogP) is 3.47. The van der Waals surface area contributed by atoms with Crippen LogP contribution >= 0.6 is 0 Å². The van der Waals surface area contributed by atoms with Crippen LogP contribution in [0.15, 0.2) is 30.3 Å². The molecule has 1 aliphatic rings. The van der Waals surface area contributed by atoms with Gasteiger partial charge in [0.05, 0.1) is 23.7 Å². The molecule has 1 aromatic rings. The van der Waals surface area contributed by atoms with Gasteiger partial charge in [0.2, 0.25) is 5.91 Å². The molecule has 1 aliphatic carbocycles. The topological polar surface area (TPSA) is 115 Å². The van der Waals surface area contributed by atoms with Crippen LogP contribution in [0.2, 0.25) is 0 Å². The van der Waals surface area contributed by atoms with Gasteiger partial charge in [0.15, 0.2) is 11.7 Å². The maximum absolute atomic E-state index is 13.4. The summed E-state index contributed by atoms with van der Waals surface area (Å²) in [7, 11) is 1.70. The fourth-order valence-corrected chi connectivity index (χ4v) is 3.97. The quantitative estimate of drug-likeness (QED) is 0.319. The average Bonchev–Trinajstić information content (AvgIpc) is 2.81. The van der Waals surface area contributed by atoms with Crippen LogP contribution in [0, 0.1) is 22.7 Å². The highest BCUT2D eigenvalue weighted by Crippen LogP contribution is 2.28. The largest absolute Gasteiger partial charge is 0.476 e. The lowest BCUT2D eigenvalue weighted by Gasteiger charge is -2.31. The lowest BCUT2D eigenvalue weighted by Crippen LogP contribution is -2.54. The normalized spacial score (nSPS) is 17.3. The van der Waals surface area contributed by atoms with E-state index in [0.29, 0.717) is 6.42 Å². The summed E-state index contributed by atoms with van der Waals surface area (Å²) in [6, 6.07) is 8.36. The maximum atomic E-state index is 13.4. The molecule has 1 fully saturated rings. The van der Waals surface area contributed by atoms with Gasteiger partial charge in [-0.3, -0.25) is 15.0 Å². The minimum atomic E-state index is -0.730. The summed E-state index contributed by atoms with van der Waals surface area (Å²) >= 11 is 0. The number of ketones is 1. The minimum Gasteiger partial charge on any atom is -0.476 e. The molecule has 7 nitrogen and oxygen atoms in total. The Morgan fingerprint density at radius 1 is 1.13 bits per heavy atom. The number of likely N-dealkylation sites (N-methyl/N-ethyl adjacent to an activating group) is 1. The van der Waals surface area contributed by atoms with Crippen molar-refractivity contribution >= 4 is 23.3 Å². The smallest absolute Gasteiger partial charge is 0.237 e. The SMILES string of the molecule is CCC(C(=N)OCc1ccccc1)C(=N)C(=O)[C@@H](NC(=O)[C@H](C)NC)C1CCCCC1. The second-order valence-electron chi connectivity index (χ2n) is 8.27. The Bertz CT molecular complexity index is 759. The van der Waals surface area contributed by atoms with E-state index in [2.05, 4.69) is 10.6 Å². The number of rotatable bonds is 11. The van der Waals surface area contributed by atoms with E-state index in [0.717, 1.165) is 37.7 Å². The third kappa shape index (κ3) is 6.99. The number of hydrogen-bond acceptors (Lipinski definition) is 6. The summed E-state index contributed by atoms with van der Waals surface area (Å²) in [5, 5.41) is 22.7. The first kappa shape index (κ1) is 24.7. The minimum absolute atomic E-state index is 0.0199. The summed E-state index contributed by atoms with van der Waals surface area (Å²) in [6.07, 6.45) is 5.30. The molecule has 0 heterocycles. The number of nitrogens with one attached hydrogen (secondary N) is 4. The lowest BCUT2D eigenvalue weighted by atomic mass is 9.79. The highest BCUT2D eigenvalue weighted by Gasteiger charge is 2.36. The van der Waals surface area contributed by atoms with Crippen molar-refractivity contribution in [1.29, 1.82) is 10.8 Å². The second-order valence-corrected chi connectivity index (χ2v) is 8.27. The fraction of sp³-hybridized carbons (Fsp3) is 0.583. The van der Waals surface area contributed by atoms with Gasteiger partial charge in [0, 0.05) is 0 Å². The summed E-state index contributed by atoms with van der Waals surface area (Å²) < 4.78 is 5.61. The van der Waals surface area contributed by atoms with Crippen molar-refractivity contribution in [3.8, 4) is 0 Å². The van der Waals surface area contributed by atoms with E-state index in [1.165, 1.54) is 0 Å². The molecule has 1 aromatic carbocycles. The standard InChI is InChI=1S/C24H36N4O3/c1-4-19(23(26)31-15-17-11-7-5-8-12-17)20(25)22(29)21(18-13-9-6-10-14-18)28-24(30)16(2)27-3/h5,7-8,11-12,16,18-19,21,25-27H,4,6,9-10,13-15H2,1-3H3,(H,28,30)/t16-,19?,21-/m0/s1. The number of carbonyl (C=O) groups excluding carboxylic acids is 2. The number of carbonyl (C=O) groups is 2. The number of ether oxygens (including phenoxy) is 1. The van der Waals surface area contributed by atoms with Gasteiger partial charge >= 0.3 is 0 Å². The van der Waals surface area contributed by atoms with Crippen molar-refractivity contribution in [2.75, 3.05) is 7.05 Å². The van der Waals surface area contributed by atoms with Gasteiger partial charge in [0.25, 0.3) is 0 Å². The predicted molar refractivity (Wildman–Crippen MR) is 122 cm³/mol. The van der Waals surface area contributed by atoms with E-state index in [-0.39, 0.29) is 30.0 Å². The molecule has 0 aliphatic heterocycles. The molecule has 170 valence electrons. The van der Waals surface area contributed by atoms with Crippen LogP contribution < -0.4 is 10.6 Å². The Labute approximate surface area is 185 Å². The van der Waals surface area contributed by atoms with Gasteiger partial charge in [-0.05, 0) is 44.7 Å².